The third kappa shape index (κ3) is 4.77. The largest absolute Gasteiger partial charge is 0.507 e. The van der Waals surface area contributed by atoms with Crippen LogP contribution in [-0.4, -0.2) is 78.1 Å². The smallest absolute Gasteiger partial charge is 0.295 e. The maximum atomic E-state index is 13.1. The highest BCUT2D eigenvalue weighted by atomic mass is 16.5. The Labute approximate surface area is 193 Å². The van der Waals surface area contributed by atoms with Gasteiger partial charge in [0, 0.05) is 44.1 Å². The summed E-state index contributed by atoms with van der Waals surface area (Å²) in [4.78, 5) is 34.1. The average Bonchev–Trinajstić information content (AvgIpc) is 3.10. The Morgan fingerprint density at radius 1 is 1.15 bits per heavy atom. The molecule has 2 aliphatic heterocycles. The monoisotopic (exact) mass is 451 g/mol. The molecule has 1 aromatic heterocycles. The molecule has 0 bridgehead atoms. The van der Waals surface area contributed by atoms with Crippen molar-refractivity contribution in [3.63, 3.8) is 0 Å². The molecule has 2 fully saturated rings. The normalized spacial score (nSPS) is 20.9. The van der Waals surface area contributed by atoms with Crippen molar-refractivity contribution >= 4 is 17.4 Å². The van der Waals surface area contributed by atoms with E-state index in [4.69, 9.17) is 9.47 Å². The lowest BCUT2D eigenvalue weighted by Gasteiger charge is -2.29. The standard InChI is InChI=1S/C25H29N3O5/c1-17-16-19(4-5-20(17)32-2)23(29)21-22(18-6-8-26-9-7-18)28(25(31)24(21)30)11-3-10-27-12-14-33-15-13-27/h4-9,16,22,29H,3,10-15H2,1-2H3/t22-/m0/s1. The molecule has 8 heteroatoms. The predicted molar refractivity (Wildman–Crippen MR) is 123 cm³/mol. The van der Waals surface area contributed by atoms with Crippen LogP contribution in [0.5, 0.6) is 5.75 Å². The van der Waals surface area contributed by atoms with Crippen molar-refractivity contribution in [2.45, 2.75) is 19.4 Å². The van der Waals surface area contributed by atoms with Crippen LogP contribution in [0.4, 0.5) is 0 Å². The lowest BCUT2D eigenvalue weighted by molar-refractivity contribution is -0.140. The second-order valence-electron chi connectivity index (χ2n) is 8.27. The summed E-state index contributed by atoms with van der Waals surface area (Å²) in [6.45, 7) is 6.24. The summed E-state index contributed by atoms with van der Waals surface area (Å²) in [7, 11) is 1.58. The number of benzene rings is 1. The van der Waals surface area contributed by atoms with Crippen molar-refractivity contribution in [3.05, 3.63) is 65.0 Å². The zero-order chi connectivity index (χ0) is 23.4. The number of hydrogen-bond donors (Lipinski definition) is 1. The van der Waals surface area contributed by atoms with Crippen LogP contribution in [0.3, 0.4) is 0 Å². The van der Waals surface area contributed by atoms with E-state index in [1.165, 1.54) is 0 Å². The third-order valence-electron chi connectivity index (χ3n) is 6.21. The van der Waals surface area contributed by atoms with Gasteiger partial charge in [0.05, 0.1) is 31.9 Å². The summed E-state index contributed by atoms with van der Waals surface area (Å²) in [5, 5.41) is 11.2. The number of likely N-dealkylation sites (tertiary alicyclic amines) is 1. The number of methoxy groups -OCH3 is 1. The molecule has 2 saturated heterocycles. The van der Waals surface area contributed by atoms with Gasteiger partial charge in [-0.05, 0) is 54.8 Å². The number of carbonyl (C=O) groups is 2. The molecule has 4 rings (SSSR count). The van der Waals surface area contributed by atoms with E-state index < -0.39 is 17.7 Å². The molecule has 0 saturated carbocycles. The Morgan fingerprint density at radius 2 is 1.88 bits per heavy atom. The Balaban J connectivity index is 1.66. The maximum absolute atomic E-state index is 13.1. The number of rotatable bonds is 7. The second-order valence-corrected chi connectivity index (χ2v) is 8.27. The van der Waals surface area contributed by atoms with Crippen molar-refractivity contribution in [2.24, 2.45) is 0 Å². The van der Waals surface area contributed by atoms with E-state index in [9.17, 15) is 14.7 Å². The molecule has 1 atom stereocenters. The van der Waals surface area contributed by atoms with Gasteiger partial charge >= 0.3 is 0 Å². The molecular formula is C25H29N3O5. The van der Waals surface area contributed by atoms with Gasteiger partial charge in [0.1, 0.15) is 11.5 Å². The number of aryl methyl sites for hydroxylation is 1. The number of pyridine rings is 1. The first-order valence-corrected chi connectivity index (χ1v) is 11.1. The molecule has 8 nitrogen and oxygen atoms in total. The minimum Gasteiger partial charge on any atom is -0.507 e. The van der Waals surface area contributed by atoms with Gasteiger partial charge in [-0.15, -0.1) is 0 Å². The highest BCUT2D eigenvalue weighted by Gasteiger charge is 2.45. The molecular weight excluding hydrogens is 422 g/mol. The van der Waals surface area contributed by atoms with E-state index in [2.05, 4.69) is 9.88 Å². The van der Waals surface area contributed by atoms with Crippen LogP contribution in [-0.2, 0) is 14.3 Å². The highest BCUT2D eigenvalue weighted by Crippen LogP contribution is 2.39. The molecule has 2 aromatic rings. The van der Waals surface area contributed by atoms with Crippen LogP contribution in [0.1, 0.15) is 29.2 Å². The van der Waals surface area contributed by atoms with Crippen molar-refractivity contribution in [1.29, 1.82) is 0 Å². The molecule has 33 heavy (non-hydrogen) atoms. The van der Waals surface area contributed by atoms with Gasteiger partial charge in [-0.2, -0.15) is 0 Å². The fraction of sp³-hybridized carbons (Fsp3) is 0.400. The van der Waals surface area contributed by atoms with Gasteiger partial charge in [-0.3, -0.25) is 19.5 Å². The molecule has 2 aliphatic rings. The zero-order valence-corrected chi connectivity index (χ0v) is 19.0. The number of ketones is 1. The number of aliphatic hydroxyl groups is 1. The summed E-state index contributed by atoms with van der Waals surface area (Å²) in [5.41, 5.74) is 2.13. The van der Waals surface area contributed by atoms with Crippen LogP contribution in [0.2, 0.25) is 0 Å². The molecule has 0 aliphatic carbocycles. The molecule has 1 N–H and O–H groups in total. The van der Waals surface area contributed by atoms with Gasteiger partial charge in [0.2, 0.25) is 0 Å². The number of amides is 1. The van der Waals surface area contributed by atoms with E-state index >= 15 is 0 Å². The summed E-state index contributed by atoms with van der Waals surface area (Å²) in [5.74, 6) is -0.767. The van der Waals surface area contributed by atoms with Gasteiger partial charge in [0.25, 0.3) is 11.7 Å². The molecule has 3 heterocycles. The Hall–Kier alpha value is -3.23. The lowest BCUT2D eigenvalue weighted by Crippen LogP contribution is -2.38. The van der Waals surface area contributed by atoms with Crippen LogP contribution in [0.25, 0.3) is 5.76 Å². The number of carbonyl (C=O) groups excluding carboxylic acids is 2. The third-order valence-corrected chi connectivity index (χ3v) is 6.21. The predicted octanol–water partition coefficient (Wildman–Crippen LogP) is 2.54. The summed E-state index contributed by atoms with van der Waals surface area (Å²) in [6, 6.07) is 8.07. The quantitative estimate of drug-likeness (QED) is 0.393. The number of nitrogens with zero attached hydrogens (tertiary/aromatic N) is 3. The zero-order valence-electron chi connectivity index (χ0n) is 19.0. The first-order valence-electron chi connectivity index (χ1n) is 11.1. The maximum Gasteiger partial charge on any atom is 0.295 e. The van der Waals surface area contributed by atoms with Crippen molar-refractivity contribution < 1.29 is 24.2 Å². The van der Waals surface area contributed by atoms with E-state index in [0.29, 0.717) is 31.1 Å². The Bertz CT molecular complexity index is 1050. The topological polar surface area (TPSA) is 92.2 Å². The number of morpholine rings is 1. The summed E-state index contributed by atoms with van der Waals surface area (Å²) >= 11 is 0. The number of aromatic nitrogens is 1. The number of aliphatic hydroxyl groups excluding tert-OH is 1. The van der Waals surface area contributed by atoms with E-state index in [1.807, 2.05) is 6.92 Å². The second kappa shape index (κ2) is 10.1. The number of ether oxygens (including phenoxy) is 2. The fourth-order valence-electron chi connectivity index (χ4n) is 4.47. The van der Waals surface area contributed by atoms with Crippen LogP contribution in [0, 0.1) is 6.92 Å². The molecule has 0 spiro atoms. The lowest BCUT2D eigenvalue weighted by atomic mass is 9.95. The fourth-order valence-corrected chi connectivity index (χ4v) is 4.47. The molecule has 1 amide bonds. The van der Waals surface area contributed by atoms with E-state index in [-0.39, 0.29) is 11.3 Å². The van der Waals surface area contributed by atoms with Gasteiger partial charge in [0.15, 0.2) is 0 Å². The van der Waals surface area contributed by atoms with Gasteiger partial charge < -0.3 is 19.5 Å². The molecule has 174 valence electrons. The number of hydrogen-bond acceptors (Lipinski definition) is 7. The van der Waals surface area contributed by atoms with Crippen molar-refractivity contribution in [2.75, 3.05) is 46.5 Å². The van der Waals surface area contributed by atoms with Crippen LogP contribution >= 0.6 is 0 Å². The minimum absolute atomic E-state index is 0.0992. The van der Waals surface area contributed by atoms with Crippen LogP contribution in [0.15, 0.2) is 48.3 Å². The summed E-state index contributed by atoms with van der Waals surface area (Å²) < 4.78 is 10.7. The SMILES string of the molecule is COc1ccc(C(O)=C2C(=O)C(=O)N(CCCN3CCOCC3)[C@H]2c2ccncc2)cc1C. The molecule has 0 unspecified atom stereocenters. The highest BCUT2D eigenvalue weighted by molar-refractivity contribution is 6.46. The van der Waals surface area contributed by atoms with E-state index in [0.717, 1.165) is 37.2 Å². The first kappa shape index (κ1) is 22.9. The minimum atomic E-state index is -0.672. The van der Waals surface area contributed by atoms with Gasteiger partial charge in [-0.25, -0.2) is 0 Å². The van der Waals surface area contributed by atoms with Crippen molar-refractivity contribution in [3.8, 4) is 5.75 Å². The molecule has 0 radical (unpaired) electrons. The van der Waals surface area contributed by atoms with Crippen LogP contribution < -0.4 is 4.74 Å². The van der Waals surface area contributed by atoms with E-state index in [1.54, 1.807) is 54.7 Å². The van der Waals surface area contributed by atoms with Crippen molar-refractivity contribution in [1.82, 2.24) is 14.8 Å². The summed E-state index contributed by atoms with van der Waals surface area (Å²) in [6.07, 6.45) is 3.97. The Morgan fingerprint density at radius 3 is 2.55 bits per heavy atom. The average molecular weight is 452 g/mol. The first-order chi connectivity index (χ1) is 16.0. The van der Waals surface area contributed by atoms with Gasteiger partial charge in [-0.1, -0.05) is 0 Å². The number of Topliss-reactive ketones (excluding diaryl/α,β-unsaturated/α-hetero) is 1. The molecule has 1 aromatic carbocycles. The Kier molecular flexibility index (Phi) is 7.05.